The molecule has 0 unspecified atom stereocenters. The van der Waals surface area contributed by atoms with E-state index in [2.05, 4.69) is 5.10 Å². The molecule has 2 rings (SSSR count). The number of nitrogens with zero attached hydrogens (tertiary/aromatic N) is 1. The first-order valence-electron chi connectivity index (χ1n) is 5.59. The van der Waals surface area contributed by atoms with Crippen LogP contribution in [0.5, 0.6) is 0 Å². The Balaban J connectivity index is 2.39. The lowest BCUT2D eigenvalue weighted by Gasteiger charge is -2.02. The molecule has 0 aliphatic rings. The SMILES string of the molecule is Nc1c(C(=O)OCCO)[nH]n(-c2ccccc2)c1=O. The van der Waals surface area contributed by atoms with E-state index in [1.165, 1.54) is 0 Å². The smallest absolute Gasteiger partial charge is 0.358 e. The normalized spacial score (nSPS) is 10.4. The van der Waals surface area contributed by atoms with E-state index in [1.807, 2.05) is 0 Å². The predicted molar refractivity (Wildman–Crippen MR) is 68.2 cm³/mol. The minimum Gasteiger partial charge on any atom is -0.458 e. The molecule has 0 saturated carbocycles. The summed E-state index contributed by atoms with van der Waals surface area (Å²) in [7, 11) is 0. The molecule has 0 atom stereocenters. The van der Waals surface area contributed by atoms with Gasteiger partial charge in [0.1, 0.15) is 12.3 Å². The summed E-state index contributed by atoms with van der Waals surface area (Å²) >= 11 is 0. The first-order chi connectivity index (χ1) is 9.15. The summed E-state index contributed by atoms with van der Waals surface area (Å²) in [5.41, 5.74) is 5.28. The lowest BCUT2D eigenvalue weighted by molar-refractivity contribution is 0.0427. The fraction of sp³-hybridized carbons (Fsp3) is 0.167. The standard InChI is InChI=1S/C12H13N3O4/c13-9-10(12(18)19-7-6-16)14-15(11(9)17)8-4-2-1-3-5-8/h1-5,14,16H,6-7,13H2. The minimum absolute atomic E-state index is 0.123. The molecule has 0 amide bonds. The van der Waals surface area contributed by atoms with Crippen molar-refractivity contribution in [3.8, 4) is 5.69 Å². The van der Waals surface area contributed by atoms with Crippen molar-refractivity contribution in [2.45, 2.75) is 0 Å². The molecule has 0 aliphatic carbocycles. The molecule has 0 saturated heterocycles. The molecule has 0 spiro atoms. The van der Waals surface area contributed by atoms with Gasteiger partial charge >= 0.3 is 5.97 Å². The third-order valence-corrected chi connectivity index (χ3v) is 2.47. The lowest BCUT2D eigenvalue weighted by atomic mass is 10.3. The Morgan fingerprint density at radius 1 is 1.37 bits per heavy atom. The van der Waals surface area contributed by atoms with Crippen LogP contribution >= 0.6 is 0 Å². The van der Waals surface area contributed by atoms with E-state index < -0.39 is 11.5 Å². The first kappa shape index (κ1) is 12.9. The zero-order valence-corrected chi connectivity index (χ0v) is 10.00. The molecule has 4 N–H and O–H groups in total. The number of aliphatic hydroxyl groups excluding tert-OH is 1. The number of para-hydroxylation sites is 1. The fourth-order valence-electron chi connectivity index (χ4n) is 1.58. The summed E-state index contributed by atoms with van der Waals surface area (Å²) in [5, 5.41) is 11.2. The molecule has 1 aromatic carbocycles. The second kappa shape index (κ2) is 5.40. The van der Waals surface area contributed by atoms with Crippen molar-refractivity contribution in [2.75, 3.05) is 18.9 Å². The quantitative estimate of drug-likeness (QED) is 0.667. The number of carbonyl (C=O) groups is 1. The summed E-state index contributed by atoms with van der Waals surface area (Å²) < 4.78 is 5.87. The van der Waals surface area contributed by atoms with Crippen LogP contribution in [0.3, 0.4) is 0 Å². The molecule has 1 heterocycles. The number of nitrogens with two attached hydrogens (primary N) is 1. The summed E-state index contributed by atoms with van der Waals surface area (Å²) in [6, 6.07) is 8.70. The Morgan fingerprint density at radius 3 is 2.68 bits per heavy atom. The van der Waals surface area contributed by atoms with Gasteiger partial charge in [0.15, 0.2) is 5.69 Å². The van der Waals surface area contributed by atoms with Gasteiger partial charge in [-0.05, 0) is 12.1 Å². The number of nitrogen functional groups attached to an aromatic ring is 1. The van der Waals surface area contributed by atoms with Crippen molar-refractivity contribution in [3.05, 3.63) is 46.4 Å². The maximum atomic E-state index is 11.9. The summed E-state index contributed by atoms with van der Waals surface area (Å²) in [5.74, 6) is -0.779. The average molecular weight is 263 g/mol. The molecular weight excluding hydrogens is 250 g/mol. The van der Waals surface area contributed by atoms with Crippen LogP contribution in [-0.4, -0.2) is 34.1 Å². The molecule has 7 heteroatoms. The first-order valence-corrected chi connectivity index (χ1v) is 5.59. The maximum absolute atomic E-state index is 11.9. The molecule has 0 radical (unpaired) electrons. The number of esters is 1. The predicted octanol–water partition coefficient (Wildman–Crippen LogP) is -0.103. The third-order valence-electron chi connectivity index (χ3n) is 2.47. The van der Waals surface area contributed by atoms with Crippen LogP contribution in [0, 0.1) is 0 Å². The Kier molecular flexibility index (Phi) is 3.67. The topological polar surface area (TPSA) is 110 Å². The van der Waals surface area contributed by atoms with Crippen molar-refractivity contribution in [1.82, 2.24) is 9.78 Å². The summed E-state index contributed by atoms with van der Waals surface area (Å²) in [6.45, 7) is -0.452. The van der Waals surface area contributed by atoms with Gasteiger partial charge in [-0.2, -0.15) is 0 Å². The number of carbonyl (C=O) groups excluding carboxylic acids is 1. The highest BCUT2D eigenvalue weighted by Gasteiger charge is 2.19. The van der Waals surface area contributed by atoms with Crippen LogP contribution in [-0.2, 0) is 4.74 Å². The van der Waals surface area contributed by atoms with Crippen LogP contribution < -0.4 is 11.3 Å². The van der Waals surface area contributed by atoms with Gasteiger partial charge in [-0.15, -0.1) is 0 Å². The molecule has 2 aromatic rings. The van der Waals surface area contributed by atoms with Crippen molar-refractivity contribution in [1.29, 1.82) is 0 Å². The minimum atomic E-state index is -0.779. The van der Waals surface area contributed by atoms with E-state index >= 15 is 0 Å². The maximum Gasteiger partial charge on any atom is 0.358 e. The van der Waals surface area contributed by atoms with E-state index in [-0.39, 0.29) is 24.6 Å². The molecule has 0 aliphatic heterocycles. The number of ether oxygens (including phenoxy) is 1. The van der Waals surface area contributed by atoms with Crippen LogP contribution in [0.15, 0.2) is 35.1 Å². The van der Waals surface area contributed by atoms with E-state index in [0.717, 1.165) is 4.68 Å². The van der Waals surface area contributed by atoms with Gasteiger partial charge in [0.2, 0.25) is 0 Å². The number of aromatic amines is 1. The van der Waals surface area contributed by atoms with Crippen LogP contribution in [0.4, 0.5) is 5.69 Å². The van der Waals surface area contributed by atoms with E-state index in [9.17, 15) is 9.59 Å². The average Bonchev–Trinajstić information content (AvgIpc) is 2.74. The lowest BCUT2D eigenvalue weighted by Crippen LogP contribution is -2.16. The van der Waals surface area contributed by atoms with Gasteiger partial charge in [0, 0.05) is 0 Å². The number of benzene rings is 1. The van der Waals surface area contributed by atoms with Crippen LogP contribution in [0.25, 0.3) is 5.69 Å². The molecule has 1 aromatic heterocycles. The summed E-state index contributed by atoms with van der Waals surface area (Å²) in [6.07, 6.45) is 0. The molecule has 0 bridgehead atoms. The van der Waals surface area contributed by atoms with Gasteiger partial charge in [-0.25, -0.2) is 9.48 Å². The fourth-order valence-corrected chi connectivity index (χ4v) is 1.58. The Labute approximate surface area is 108 Å². The van der Waals surface area contributed by atoms with Crippen molar-refractivity contribution in [3.63, 3.8) is 0 Å². The molecule has 0 fully saturated rings. The molecule has 7 nitrogen and oxygen atoms in total. The highest BCUT2D eigenvalue weighted by Crippen LogP contribution is 2.09. The number of anilines is 1. The van der Waals surface area contributed by atoms with E-state index in [0.29, 0.717) is 5.69 Å². The van der Waals surface area contributed by atoms with Crippen molar-refractivity contribution < 1.29 is 14.6 Å². The van der Waals surface area contributed by atoms with Gasteiger partial charge in [-0.1, -0.05) is 18.2 Å². The van der Waals surface area contributed by atoms with Gasteiger partial charge < -0.3 is 15.6 Å². The highest BCUT2D eigenvalue weighted by atomic mass is 16.5. The number of nitrogens with one attached hydrogen (secondary N) is 1. The number of aliphatic hydroxyl groups is 1. The van der Waals surface area contributed by atoms with E-state index in [1.54, 1.807) is 30.3 Å². The van der Waals surface area contributed by atoms with Crippen molar-refractivity contribution >= 4 is 11.7 Å². The monoisotopic (exact) mass is 263 g/mol. The zero-order chi connectivity index (χ0) is 13.8. The number of rotatable bonds is 4. The number of hydrogen-bond donors (Lipinski definition) is 3. The largest absolute Gasteiger partial charge is 0.458 e. The van der Waals surface area contributed by atoms with Crippen LogP contribution in [0.1, 0.15) is 10.5 Å². The number of aromatic nitrogens is 2. The number of H-pyrrole nitrogens is 1. The second-order valence-electron chi connectivity index (χ2n) is 3.74. The number of hydrogen-bond acceptors (Lipinski definition) is 5. The molecular formula is C12H13N3O4. The van der Waals surface area contributed by atoms with Gasteiger partial charge in [0.05, 0.1) is 12.3 Å². The Morgan fingerprint density at radius 2 is 2.05 bits per heavy atom. The zero-order valence-electron chi connectivity index (χ0n) is 10.00. The second-order valence-corrected chi connectivity index (χ2v) is 3.74. The van der Waals surface area contributed by atoms with Crippen LogP contribution in [0.2, 0.25) is 0 Å². The van der Waals surface area contributed by atoms with Gasteiger partial charge in [-0.3, -0.25) is 9.89 Å². The van der Waals surface area contributed by atoms with Crippen molar-refractivity contribution in [2.24, 2.45) is 0 Å². The highest BCUT2D eigenvalue weighted by molar-refractivity contribution is 5.92. The third kappa shape index (κ3) is 2.50. The van der Waals surface area contributed by atoms with Gasteiger partial charge in [0.25, 0.3) is 5.56 Å². The summed E-state index contributed by atoms with van der Waals surface area (Å²) in [4.78, 5) is 23.5. The van der Waals surface area contributed by atoms with E-state index in [4.69, 9.17) is 15.6 Å². The Hall–Kier alpha value is -2.54. The molecule has 100 valence electrons. The Bertz CT molecular complexity index is 630. The molecule has 19 heavy (non-hydrogen) atoms.